The molecule has 1 saturated carbocycles. The fraction of sp³-hybridized carbons (Fsp3) is 0.833. The Morgan fingerprint density at radius 3 is 2.78 bits per heavy atom. The summed E-state index contributed by atoms with van der Waals surface area (Å²) in [5, 5.41) is 2.55. The van der Waals surface area contributed by atoms with E-state index in [4.69, 9.17) is 4.74 Å². The standard InChI is InChI=1S/C6H10NO2/c1-9-6-3-2-5(6)7-4-8/h5-6H,2-3H2,1H3,(H,7,8). The van der Waals surface area contributed by atoms with E-state index in [2.05, 4.69) is 5.32 Å². The first-order valence-corrected chi connectivity index (χ1v) is 3.04. The van der Waals surface area contributed by atoms with E-state index in [-0.39, 0.29) is 12.1 Å². The molecule has 0 aliphatic heterocycles. The van der Waals surface area contributed by atoms with Gasteiger partial charge in [0.2, 0.25) is 0 Å². The molecule has 1 amide bonds. The fourth-order valence-electron chi connectivity index (χ4n) is 0.992. The summed E-state index contributed by atoms with van der Waals surface area (Å²) < 4.78 is 5.01. The molecule has 2 atom stereocenters. The molecule has 1 N–H and O–H groups in total. The van der Waals surface area contributed by atoms with Crippen LogP contribution >= 0.6 is 0 Å². The molecule has 1 fully saturated rings. The molecule has 3 heteroatoms. The van der Waals surface area contributed by atoms with Crippen molar-refractivity contribution in [2.24, 2.45) is 0 Å². The van der Waals surface area contributed by atoms with Gasteiger partial charge in [-0.05, 0) is 12.8 Å². The van der Waals surface area contributed by atoms with Crippen molar-refractivity contribution in [1.82, 2.24) is 5.32 Å². The van der Waals surface area contributed by atoms with Gasteiger partial charge in [-0.3, -0.25) is 4.79 Å². The number of hydrogen-bond donors (Lipinski definition) is 1. The van der Waals surface area contributed by atoms with Crippen LogP contribution in [-0.2, 0) is 9.53 Å². The van der Waals surface area contributed by atoms with E-state index in [1.165, 1.54) is 0 Å². The van der Waals surface area contributed by atoms with Crippen LogP contribution in [0.2, 0.25) is 0 Å². The molecule has 1 radical (unpaired) electrons. The average molecular weight is 128 g/mol. The molecule has 2 unspecified atom stereocenters. The average Bonchev–Trinajstić information content (AvgIpc) is 1.82. The number of nitrogens with one attached hydrogen (secondary N) is 1. The van der Waals surface area contributed by atoms with Crippen molar-refractivity contribution in [3.8, 4) is 0 Å². The van der Waals surface area contributed by atoms with E-state index in [0.717, 1.165) is 12.8 Å². The van der Waals surface area contributed by atoms with Gasteiger partial charge in [-0.1, -0.05) is 0 Å². The second-order valence-corrected chi connectivity index (χ2v) is 2.20. The van der Waals surface area contributed by atoms with Crippen molar-refractivity contribution in [3.05, 3.63) is 0 Å². The van der Waals surface area contributed by atoms with E-state index >= 15 is 0 Å². The van der Waals surface area contributed by atoms with Crippen molar-refractivity contribution < 1.29 is 9.53 Å². The van der Waals surface area contributed by atoms with Crippen LogP contribution < -0.4 is 5.32 Å². The fourth-order valence-corrected chi connectivity index (χ4v) is 0.992. The van der Waals surface area contributed by atoms with Gasteiger partial charge in [0.05, 0.1) is 12.1 Å². The molecule has 0 bridgehead atoms. The monoisotopic (exact) mass is 128 g/mol. The highest BCUT2D eigenvalue weighted by atomic mass is 16.5. The van der Waals surface area contributed by atoms with E-state index < -0.39 is 0 Å². The zero-order valence-corrected chi connectivity index (χ0v) is 5.39. The summed E-state index contributed by atoms with van der Waals surface area (Å²) in [6.45, 7) is 0. The Morgan fingerprint density at radius 2 is 2.44 bits per heavy atom. The largest absolute Gasteiger partial charge is 0.379 e. The predicted molar refractivity (Wildman–Crippen MR) is 32.6 cm³/mol. The highest BCUT2D eigenvalue weighted by Gasteiger charge is 2.29. The molecule has 1 aliphatic carbocycles. The lowest BCUT2D eigenvalue weighted by atomic mass is 9.89. The number of methoxy groups -OCH3 is 1. The topological polar surface area (TPSA) is 38.3 Å². The molecule has 51 valence electrons. The molecule has 0 aromatic carbocycles. The zero-order valence-electron chi connectivity index (χ0n) is 5.39. The maximum Gasteiger partial charge on any atom is 0.309 e. The van der Waals surface area contributed by atoms with Crippen molar-refractivity contribution in [2.45, 2.75) is 25.0 Å². The number of ether oxygens (including phenoxy) is 1. The molecule has 1 rings (SSSR count). The summed E-state index contributed by atoms with van der Waals surface area (Å²) in [6.07, 6.45) is 3.96. The minimum Gasteiger partial charge on any atom is -0.379 e. The van der Waals surface area contributed by atoms with Crippen LogP contribution in [0.4, 0.5) is 0 Å². The summed E-state index contributed by atoms with van der Waals surface area (Å²) >= 11 is 0. The van der Waals surface area contributed by atoms with E-state index in [1.807, 2.05) is 0 Å². The van der Waals surface area contributed by atoms with Crippen molar-refractivity contribution in [1.29, 1.82) is 0 Å². The quantitative estimate of drug-likeness (QED) is 0.535. The lowest BCUT2D eigenvalue weighted by Crippen LogP contribution is -2.48. The van der Waals surface area contributed by atoms with Crippen LogP contribution in [0, 0.1) is 0 Å². The van der Waals surface area contributed by atoms with Crippen LogP contribution in [0.3, 0.4) is 0 Å². The third-order valence-electron chi connectivity index (χ3n) is 1.76. The van der Waals surface area contributed by atoms with Crippen LogP contribution in [0.25, 0.3) is 0 Å². The van der Waals surface area contributed by atoms with Crippen LogP contribution in [-0.4, -0.2) is 25.7 Å². The summed E-state index contributed by atoms with van der Waals surface area (Å²) in [4.78, 5) is 9.78. The number of hydrogen-bond acceptors (Lipinski definition) is 2. The molecule has 0 aromatic rings. The van der Waals surface area contributed by atoms with Crippen LogP contribution in [0.5, 0.6) is 0 Å². The van der Waals surface area contributed by atoms with Gasteiger partial charge >= 0.3 is 6.41 Å². The van der Waals surface area contributed by atoms with E-state index in [9.17, 15) is 4.79 Å². The first kappa shape index (κ1) is 6.55. The van der Waals surface area contributed by atoms with Gasteiger partial charge in [0.15, 0.2) is 0 Å². The van der Waals surface area contributed by atoms with Crippen molar-refractivity contribution in [2.75, 3.05) is 7.11 Å². The van der Waals surface area contributed by atoms with E-state index in [0.29, 0.717) is 0 Å². The zero-order chi connectivity index (χ0) is 6.69. The number of carbonyl (C=O) groups excluding carboxylic acids is 1. The Morgan fingerprint density at radius 1 is 1.67 bits per heavy atom. The highest BCUT2D eigenvalue weighted by molar-refractivity contribution is 5.48. The molecule has 3 nitrogen and oxygen atoms in total. The molecule has 9 heavy (non-hydrogen) atoms. The minimum absolute atomic E-state index is 0.215. The van der Waals surface area contributed by atoms with Gasteiger partial charge in [0, 0.05) is 7.11 Å². The minimum atomic E-state index is 0.215. The van der Waals surface area contributed by atoms with Gasteiger partial charge in [0.1, 0.15) is 0 Å². The second kappa shape index (κ2) is 2.82. The molecule has 1 aliphatic rings. The first-order valence-electron chi connectivity index (χ1n) is 3.04. The second-order valence-electron chi connectivity index (χ2n) is 2.20. The Balaban J connectivity index is 2.18. The van der Waals surface area contributed by atoms with E-state index in [1.54, 1.807) is 13.5 Å². The van der Waals surface area contributed by atoms with Gasteiger partial charge in [-0.2, -0.15) is 0 Å². The highest BCUT2D eigenvalue weighted by Crippen LogP contribution is 2.21. The van der Waals surface area contributed by atoms with Crippen LogP contribution in [0.1, 0.15) is 12.8 Å². The summed E-state index contributed by atoms with van der Waals surface area (Å²) in [5.74, 6) is 0. The van der Waals surface area contributed by atoms with Crippen molar-refractivity contribution >= 4 is 6.41 Å². The summed E-state index contributed by atoms with van der Waals surface area (Å²) in [6, 6.07) is 0.215. The number of amides is 1. The Bertz CT molecular complexity index is 103. The molecular weight excluding hydrogens is 118 g/mol. The third kappa shape index (κ3) is 1.21. The smallest absolute Gasteiger partial charge is 0.309 e. The lowest BCUT2D eigenvalue weighted by molar-refractivity contribution is 0.0136. The van der Waals surface area contributed by atoms with Gasteiger partial charge in [-0.15, -0.1) is 0 Å². The molecule has 0 saturated heterocycles. The van der Waals surface area contributed by atoms with Gasteiger partial charge in [0.25, 0.3) is 0 Å². The maximum absolute atomic E-state index is 9.78. The molecule has 0 aromatic heterocycles. The van der Waals surface area contributed by atoms with Gasteiger partial charge in [-0.25, -0.2) is 0 Å². The van der Waals surface area contributed by atoms with Crippen molar-refractivity contribution in [3.63, 3.8) is 0 Å². The molecular formula is C6H10NO2. The summed E-state index contributed by atoms with van der Waals surface area (Å²) in [5.41, 5.74) is 0. The Kier molecular flexibility index (Phi) is 2.05. The molecule has 0 spiro atoms. The maximum atomic E-state index is 9.78. The SMILES string of the molecule is COC1CCC1N[C]=O. The molecule has 0 heterocycles. The first-order chi connectivity index (χ1) is 4.38. The third-order valence-corrected chi connectivity index (χ3v) is 1.76. The Labute approximate surface area is 54.4 Å². The predicted octanol–water partition coefficient (Wildman–Crippen LogP) is -0.179. The Hall–Kier alpha value is -0.570. The van der Waals surface area contributed by atoms with Gasteiger partial charge < -0.3 is 10.1 Å². The normalized spacial score (nSPS) is 33.0. The summed E-state index contributed by atoms with van der Waals surface area (Å²) in [7, 11) is 1.66. The lowest BCUT2D eigenvalue weighted by Gasteiger charge is -2.34. The number of rotatable bonds is 3. The van der Waals surface area contributed by atoms with Crippen LogP contribution in [0.15, 0.2) is 0 Å².